The molecule has 0 saturated heterocycles. The first-order valence-electron chi connectivity index (χ1n) is 7.70. The van der Waals surface area contributed by atoms with Crippen LogP contribution in [0.2, 0.25) is 0 Å². The summed E-state index contributed by atoms with van der Waals surface area (Å²) in [4.78, 5) is 14.5. The molecule has 0 atom stereocenters. The number of methoxy groups -OCH3 is 2. The number of hydrogen-bond donors (Lipinski definition) is 1. The number of para-hydroxylation sites is 2. The van der Waals surface area contributed by atoms with Crippen molar-refractivity contribution >= 4 is 17.3 Å². The molecule has 0 unspecified atom stereocenters. The predicted octanol–water partition coefficient (Wildman–Crippen LogP) is 2.54. The predicted molar refractivity (Wildman–Crippen MR) is 92.3 cm³/mol. The Bertz CT molecular complexity index is 733. The molecule has 24 heavy (non-hydrogen) atoms. The summed E-state index contributed by atoms with van der Waals surface area (Å²) in [7, 11) is 3.15. The van der Waals surface area contributed by atoms with Crippen LogP contribution in [-0.4, -0.2) is 39.8 Å². The molecular weight excluding hydrogens is 308 g/mol. The smallest absolute Gasteiger partial charge is 0.243 e. The van der Waals surface area contributed by atoms with Gasteiger partial charge in [-0.25, -0.2) is 0 Å². The van der Waals surface area contributed by atoms with Gasteiger partial charge in [0.2, 0.25) is 5.91 Å². The molecule has 0 radical (unpaired) electrons. The van der Waals surface area contributed by atoms with Gasteiger partial charge in [-0.15, -0.1) is 0 Å². The van der Waals surface area contributed by atoms with E-state index in [0.29, 0.717) is 30.3 Å². The molecule has 0 saturated carbocycles. The van der Waals surface area contributed by atoms with Crippen molar-refractivity contribution in [1.29, 1.82) is 0 Å². The van der Waals surface area contributed by atoms with Gasteiger partial charge in [-0.1, -0.05) is 12.1 Å². The maximum absolute atomic E-state index is 12.5. The van der Waals surface area contributed by atoms with Crippen LogP contribution in [-0.2, 0) is 4.79 Å². The van der Waals surface area contributed by atoms with Gasteiger partial charge in [0.05, 0.1) is 38.7 Å². The summed E-state index contributed by atoms with van der Waals surface area (Å²) < 4.78 is 16.1. The first-order chi connectivity index (χ1) is 11.7. The van der Waals surface area contributed by atoms with E-state index in [0.717, 1.165) is 11.4 Å². The molecule has 6 nitrogen and oxygen atoms in total. The van der Waals surface area contributed by atoms with Crippen molar-refractivity contribution in [2.45, 2.75) is 0 Å². The van der Waals surface area contributed by atoms with Gasteiger partial charge in [-0.05, 0) is 24.3 Å². The molecule has 0 bridgehead atoms. The lowest BCUT2D eigenvalue weighted by Crippen LogP contribution is -2.38. The van der Waals surface area contributed by atoms with Crippen molar-refractivity contribution in [2.75, 3.05) is 44.1 Å². The number of carbonyl (C=O) groups is 1. The fourth-order valence-electron chi connectivity index (χ4n) is 2.67. The molecule has 0 spiro atoms. The summed E-state index contributed by atoms with van der Waals surface area (Å²) in [5, 5.41) is 2.89. The molecule has 1 N–H and O–H groups in total. The van der Waals surface area contributed by atoms with Crippen LogP contribution >= 0.6 is 0 Å². The fraction of sp³-hybridized carbons (Fsp3) is 0.278. The third kappa shape index (κ3) is 3.37. The number of fused-ring (bicyclic) bond motifs is 1. The van der Waals surface area contributed by atoms with Crippen LogP contribution in [0.15, 0.2) is 42.5 Å². The minimum absolute atomic E-state index is 0.127. The van der Waals surface area contributed by atoms with Crippen molar-refractivity contribution in [3.05, 3.63) is 42.5 Å². The molecular formula is C18H20N2O4. The number of carbonyl (C=O) groups excluding carboxylic acids is 1. The van der Waals surface area contributed by atoms with Crippen LogP contribution in [0.1, 0.15) is 0 Å². The minimum atomic E-state index is -0.127. The molecule has 1 aliphatic rings. The van der Waals surface area contributed by atoms with E-state index < -0.39 is 0 Å². The van der Waals surface area contributed by atoms with E-state index in [1.807, 2.05) is 29.2 Å². The van der Waals surface area contributed by atoms with Crippen LogP contribution in [0.3, 0.4) is 0 Å². The summed E-state index contributed by atoms with van der Waals surface area (Å²) in [6, 6.07) is 13.0. The number of nitrogens with zero attached hydrogens (tertiary/aromatic N) is 1. The second-order valence-corrected chi connectivity index (χ2v) is 5.35. The summed E-state index contributed by atoms with van der Waals surface area (Å²) in [5.74, 6) is 1.92. The first-order valence-corrected chi connectivity index (χ1v) is 7.70. The van der Waals surface area contributed by atoms with Gasteiger partial charge < -0.3 is 24.4 Å². The van der Waals surface area contributed by atoms with E-state index in [2.05, 4.69) is 5.32 Å². The van der Waals surface area contributed by atoms with Crippen molar-refractivity contribution in [1.82, 2.24) is 0 Å². The first kappa shape index (κ1) is 16.0. The van der Waals surface area contributed by atoms with Crippen LogP contribution in [0, 0.1) is 0 Å². The Hall–Kier alpha value is -2.89. The van der Waals surface area contributed by atoms with Crippen LogP contribution in [0.25, 0.3) is 0 Å². The van der Waals surface area contributed by atoms with Gasteiger partial charge in [-0.2, -0.15) is 0 Å². The summed E-state index contributed by atoms with van der Waals surface area (Å²) in [5.41, 5.74) is 1.51. The van der Waals surface area contributed by atoms with Gasteiger partial charge in [-0.3, -0.25) is 4.79 Å². The molecule has 1 amide bonds. The van der Waals surface area contributed by atoms with Crippen molar-refractivity contribution < 1.29 is 19.0 Å². The number of ether oxygens (including phenoxy) is 3. The average Bonchev–Trinajstić information content (AvgIpc) is 2.62. The molecule has 0 aliphatic carbocycles. The van der Waals surface area contributed by atoms with Crippen molar-refractivity contribution in [3.63, 3.8) is 0 Å². The van der Waals surface area contributed by atoms with Crippen molar-refractivity contribution in [2.24, 2.45) is 0 Å². The summed E-state index contributed by atoms with van der Waals surface area (Å²) >= 11 is 0. The topological polar surface area (TPSA) is 60.0 Å². The molecule has 2 aromatic rings. The lowest BCUT2D eigenvalue weighted by Gasteiger charge is -2.30. The maximum Gasteiger partial charge on any atom is 0.243 e. The second kappa shape index (κ2) is 7.12. The maximum atomic E-state index is 12.5. The number of benzene rings is 2. The molecule has 1 heterocycles. The Balaban J connectivity index is 1.73. The highest BCUT2D eigenvalue weighted by atomic mass is 16.5. The zero-order valence-corrected chi connectivity index (χ0v) is 13.7. The fourth-order valence-corrected chi connectivity index (χ4v) is 2.67. The number of hydrogen-bond acceptors (Lipinski definition) is 5. The second-order valence-electron chi connectivity index (χ2n) is 5.35. The van der Waals surface area contributed by atoms with Gasteiger partial charge in [0.25, 0.3) is 0 Å². The van der Waals surface area contributed by atoms with Crippen LogP contribution in [0.4, 0.5) is 11.4 Å². The highest BCUT2D eigenvalue weighted by Gasteiger charge is 2.20. The van der Waals surface area contributed by atoms with E-state index in [1.165, 1.54) is 0 Å². The SMILES string of the molecule is COc1ccc(OC)c(NC(=O)CN2CCOc3ccccc32)c1. The normalized spacial score (nSPS) is 12.8. The van der Waals surface area contributed by atoms with Gasteiger partial charge >= 0.3 is 0 Å². The monoisotopic (exact) mass is 328 g/mol. The molecule has 1 aliphatic heterocycles. The molecule has 0 fully saturated rings. The van der Waals surface area contributed by atoms with E-state index in [9.17, 15) is 4.79 Å². The number of nitrogens with one attached hydrogen (secondary N) is 1. The van der Waals surface area contributed by atoms with E-state index in [1.54, 1.807) is 32.4 Å². The Labute approximate surface area is 140 Å². The zero-order chi connectivity index (χ0) is 16.9. The largest absolute Gasteiger partial charge is 0.497 e. The van der Waals surface area contributed by atoms with Gasteiger partial charge in [0.1, 0.15) is 23.9 Å². The summed E-state index contributed by atoms with van der Waals surface area (Å²) in [6.45, 7) is 1.47. The number of anilines is 2. The Morgan fingerprint density at radius 2 is 2.04 bits per heavy atom. The standard InChI is InChI=1S/C18H20N2O4/c1-22-13-7-8-16(23-2)14(11-13)19-18(21)12-20-9-10-24-17-6-4-3-5-15(17)20/h3-8,11H,9-10,12H2,1-2H3,(H,19,21). The lowest BCUT2D eigenvalue weighted by atomic mass is 10.2. The Kier molecular flexibility index (Phi) is 4.74. The lowest BCUT2D eigenvalue weighted by molar-refractivity contribution is -0.115. The van der Waals surface area contributed by atoms with Crippen molar-refractivity contribution in [3.8, 4) is 17.2 Å². The highest BCUT2D eigenvalue weighted by molar-refractivity contribution is 5.95. The quantitative estimate of drug-likeness (QED) is 0.914. The third-order valence-electron chi connectivity index (χ3n) is 3.84. The highest BCUT2D eigenvalue weighted by Crippen LogP contribution is 2.31. The Morgan fingerprint density at radius 3 is 2.83 bits per heavy atom. The zero-order valence-electron chi connectivity index (χ0n) is 13.7. The van der Waals surface area contributed by atoms with Crippen LogP contribution in [0.5, 0.6) is 17.2 Å². The number of amides is 1. The molecule has 0 aromatic heterocycles. The molecule has 6 heteroatoms. The van der Waals surface area contributed by atoms with E-state index >= 15 is 0 Å². The molecule has 3 rings (SSSR count). The van der Waals surface area contributed by atoms with Crippen LogP contribution < -0.4 is 24.4 Å². The van der Waals surface area contributed by atoms with Gasteiger partial charge in [0, 0.05) is 6.07 Å². The number of rotatable bonds is 5. The molecule has 2 aromatic carbocycles. The van der Waals surface area contributed by atoms with E-state index in [-0.39, 0.29) is 12.5 Å². The average molecular weight is 328 g/mol. The van der Waals surface area contributed by atoms with E-state index in [4.69, 9.17) is 14.2 Å². The third-order valence-corrected chi connectivity index (χ3v) is 3.84. The summed E-state index contributed by atoms with van der Waals surface area (Å²) in [6.07, 6.45) is 0. The molecule has 126 valence electrons. The Morgan fingerprint density at radius 1 is 1.21 bits per heavy atom. The van der Waals surface area contributed by atoms with Gasteiger partial charge in [0.15, 0.2) is 0 Å². The minimum Gasteiger partial charge on any atom is -0.497 e.